The number of aliphatic carboxylic acids is 1. The van der Waals surface area contributed by atoms with E-state index in [1.807, 2.05) is 0 Å². The lowest BCUT2D eigenvalue weighted by molar-refractivity contribution is -0.133. The van der Waals surface area contributed by atoms with Crippen LogP contribution in [0.4, 0.5) is 0 Å². The van der Waals surface area contributed by atoms with Crippen molar-refractivity contribution in [3.63, 3.8) is 0 Å². The second-order valence-electron chi connectivity index (χ2n) is 2.05. The van der Waals surface area contributed by atoms with E-state index in [-0.39, 0.29) is 11.5 Å². The molecule has 4 nitrogen and oxygen atoms in total. The summed E-state index contributed by atoms with van der Waals surface area (Å²) in [6.07, 6.45) is 1.61. The summed E-state index contributed by atoms with van der Waals surface area (Å²) in [4.78, 5) is 14.0. The number of aromatic nitrogens is 1. The van der Waals surface area contributed by atoms with E-state index in [1.54, 1.807) is 11.6 Å². The molecule has 0 saturated carbocycles. The highest BCUT2D eigenvalue weighted by molar-refractivity contribution is 7.85. The van der Waals surface area contributed by atoms with Gasteiger partial charge in [-0.2, -0.15) is 0 Å². The quantitative estimate of drug-likeness (QED) is 0.776. The molecule has 0 aliphatic rings. The summed E-state index contributed by atoms with van der Waals surface area (Å²) in [5.41, 5.74) is 0. The Balaban J connectivity index is 2.42. The molecule has 0 amide bonds. The van der Waals surface area contributed by atoms with Crippen molar-refractivity contribution in [2.45, 2.75) is 5.75 Å². The van der Waals surface area contributed by atoms with Gasteiger partial charge in [0.15, 0.2) is 0 Å². The number of hydrogen-bond donors (Lipinski definition) is 1. The first-order chi connectivity index (χ1) is 5.68. The second kappa shape index (κ2) is 4.32. The molecule has 0 aromatic carbocycles. The minimum atomic E-state index is -1.33. The zero-order valence-electron chi connectivity index (χ0n) is 6.10. The van der Waals surface area contributed by atoms with Gasteiger partial charge in [-0.1, -0.05) is 0 Å². The van der Waals surface area contributed by atoms with Crippen LogP contribution in [0, 0.1) is 0 Å². The number of nitrogens with zero attached hydrogens (tertiary/aromatic N) is 1. The molecule has 0 saturated heterocycles. The molecule has 0 bridgehead atoms. The van der Waals surface area contributed by atoms with Crippen molar-refractivity contribution in [3.05, 3.63) is 16.6 Å². The van der Waals surface area contributed by atoms with Gasteiger partial charge in [-0.3, -0.25) is 9.00 Å². The highest BCUT2D eigenvalue weighted by Gasteiger charge is 2.07. The van der Waals surface area contributed by atoms with Crippen LogP contribution < -0.4 is 0 Å². The molecule has 1 rings (SSSR count). The van der Waals surface area contributed by atoms with Gasteiger partial charge in [0.2, 0.25) is 0 Å². The fourth-order valence-corrected chi connectivity index (χ4v) is 2.45. The highest BCUT2D eigenvalue weighted by atomic mass is 32.2. The first-order valence-corrected chi connectivity index (χ1v) is 5.50. The zero-order chi connectivity index (χ0) is 8.97. The van der Waals surface area contributed by atoms with Crippen molar-refractivity contribution < 1.29 is 14.1 Å². The van der Waals surface area contributed by atoms with E-state index in [1.165, 1.54) is 11.3 Å². The molecule has 1 heterocycles. The van der Waals surface area contributed by atoms with Gasteiger partial charge >= 0.3 is 5.97 Å². The molecule has 1 unspecified atom stereocenters. The highest BCUT2D eigenvalue weighted by Crippen LogP contribution is 2.06. The maximum Gasteiger partial charge on any atom is 0.316 e. The van der Waals surface area contributed by atoms with Gasteiger partial charge < -0.3 is 5.11 Å². The third kappa shape index (κ3) is 3.10. The van der Waals surface area contributed by atoms with E-state index < -0.39 is 16.8 Å². The molecule has 0 fully saturated rings. The van der Waals surface area contributed by atoms with Gasteiger partial charge in [0, 0.05) is 22.4 Å². The largest absolute Gasteiger partial charge is 0.481 e. The van der Waals surface area contributed by atoms with Crippen molar-refractivity contribution in [1.82, 2.24) is 4.98 Å². The fraction of sp³-hybridized carbons (Fsp3) is 0.333. The normalized spacial score (nSPS) is 12.7. The van der Waals surface area contributed by atoms with E-state index in [2.05, 4.69) is 4.98 Å². The molecule has 1 aromatic heterocycles. The Morgan fingerprint density at radius 3 is 3.00 bits per heavy atom. The number of hydrogen-bond acceptors (Lipinski definition) is 4. The van der Waals surface area contributed by atoms with Gasteiger partial charge in [0.05, 0.1) is 5.75 Å². The van der Waals surface area contributed by atoms with Gasteiger partial charge in [0.25, 0.3) is 0 Å². The van der Waals surface area contributed by atoms with Crippen molar-refractivity contribution in [1.29, 1.82) is 0 Å². The van der Waals surface area contributed by atoms with Crippen LogP contribution in [-0.2, 0) is 21.3 Å². The minimum absolute atomic E-state index is 0.240. The Bertz CT molecular complexity index is 283. The van der Waals surface area contributed by atoms with Crippen molar-refractivity contribution >= 4 is 28.1 Å². The summed E-state index contributed by atoms with van der Waals surface area (Å²) in [5.74, 6) is -1.10. The van der Waals surface area contributed by atoms with Crippen LogP contribution in [0.15, 0.2) is 11.6 Å². The lowest BCUT2D eigenvalue weighted by Crippen LogP contribution is -2.10. The van der Waals surface area contributed by atoms with Crippen molar-refractivity contribution in [2.75, 3.05) is 5.75 Å². The van der Waals surface area contributed by atoms with Crippen molar-refractivity contribution in [2.24, 2.45) is 0 Å². The smallest absolute Gasteiger partial charge is 0.316 e. The number of thiazole rings is 1. The predicted molar refractivity (Wildman–Crippen MR) is 46.5 cm³/mol. The van der Waals surface area contributed by atoms with Gasteiger partial charge in [-0.25, -0.2) is 4.98 Å². The van der Waals surface area contributed by atoms with Gasteiger partial charge in [-0.05, 0) is 0 Å². The first-order valence-electron chi connectivity index (χ1n) is 3.13. The Hall–Kier alpha value is -0.750. The summed E-state index contributed by atoms with van der Waals surface area (Å²) in [6.45, 7) is 0. The molecule has 0 aliphatic carbocycles. The molecular formula is C6H7NO3S2. The van der Waals surface area contributed by atoms with E-state index >= 15 is 0 Å². The number of rotatable bonds is 4. The van der Waals surface area contributed by atoms with Crippen LogP contribution in [0.3, 0.4) is 0 Å². The standard InChI is InChI=1S/C6H7NO3S2/c8-6(9)4-12(10)3-5-7-1-2-11-5/h1-2H,3-4H2,(H,8,9). The molecule has 1 N–H and O–H groups in total. The molecule has 0 spiro atoms. The number of carboxylic acids is 1. The number of carboxylic acid groups (broad SMARTS) is 1. The third-order valence-corrected chi connectivity index (χ3v) is 3.18. The maximum atomic E-state index is 11.0. The zero-order valence-corrected chi connectivity index (χ0v) is 7.73. The van der Waals surface area contributed by atoms with Gasteiger partial charge in [-0.15, -0.1) is 11.3 Å². The van der Waals surface area contributed by atoms with Crippen LogP contribution in [0.5, 0.6) is 0 Å². The SMILES string of the molecule is O=C(O)CS(=O)Cc1nccs1. The van der Waals surface area contributed by atoms with E-state index in [4.69, 9.17) is 5.11 Å². The average molecular weight is 205 g/mol. The van der Waals surface area contributed by atoms with Crippen LogP contribution >= 0.6 is 11.3 Å². The lowest BCUT2D eigenvalue weighted by atomic mass is 10.8. The molecule has 66 valence electrons. The van der Waals surface area contributed by atoms with Crippen LogP contribution in [0.25, 0.3) is 0 Å². The summed E-state index contributed by atoms with van der Waals surface area (Å²) in [7, 11) is -1.33. The van der Waals surface area contributed by atoms with Crippen LogP contribution in [0.1, 0.15) is 5.01 Å². The molecule has 6 heteroatoms. The Kier molecular flexibility index (Phi) is 3.36. The molecule has 0 aliphatic heterocycles. The topological polar surface area (TPSA) is 67.3 Å². The molecule has 12 heavy (non-hydrogen) atoms. The van der Waals surface area contributed by atoms with Gasteiger partial charge in [0.1, 0.15) is 10.8 Å². The van der Waals surface area contributed by atoms with E-state index in [0.29, 0.717) is 0 Å². The predicted octanol–water partition coefficient (Wildman–Crippen LogP) is 0.476. The van der Waals surface area contributed by atoms with Crippen LogP contribution in [-0.4, -0.2) is 26.0 Å². The summed E-state index contributed by atoms with van der Waals surface area (Å²) < 4.78 is 11.0. The fourth-order valence-electron chi connectivity index (χ4n) is 0.651. The molecule has 1 aromatic rings. The Morgan fingerprint density at radius 1 is 1.75 bits per heavy atom. The summed E-state index contributed by atoms with van der Waals surface area (Å²) >= 11 is 1.38. The third-order valence-electron chi connectivity index (χ3n) is 1.05. The van der Waals surface area contributed by atoms with E-state index in [0.717, 1.165) is 5.01 Å². The number of carbonyl (C=O) groups is 1. The second-order valence-corrected chi connectivity index (χ2v) is 4.48. The summed E-state index contributed by atoms with van der Waals surface area (Å²) in [5, 5.41) is 10.8. The monoisotopic (exact) mass is 205 g/mol. The average Bonchev–Trinajstić information content (AvgIpc) is 2.37. The molecular weight excluding hydrogens is 198 g/mol. The van der Waals surface area contributed by atoms with Crippen molar-refractivity contribution in [3.8, 4) is 0 Å². The van der Waals surface area contributed by atoms with E-state index in [9.17, 15) is 9.00 Å². The summed E-state index contributed by atoms with van der Waals surface area (Å²) in [6, 6.07) is 0. The lowest BCUT2D eigenvalue weighted by Gasteiger charge is -1.93. The Morgan fingerprint density at radius 2 is 2.50 bits per heavy atom. The molecule has 0 radical (unpaired) electrons. The molecule has 1 atom stereocenters. The Labute approximate surface area is 75.7 Å². The minimum Gasteiger partial charge on any atom is -0.481 e. The van der Waals surface area contributed by atoms with Crippen LogP contribution in [0.2, 0.25) is 0 Å². The maximum absolute atomic E-state index is 11.0. The first kappa shape index (κ1) is 9.34.